The first kappa shape index (κ1) is 31.3. The maximum atomic E-state index is 13.5. The molecular formula is C29H40N4O6. The minimum atomic E-state index is -1.17. The number of phenolic OH excluding ortho intramolecular Hbond substituents is 1. The highest BCUT2D eigenvalue weighted by Gasteiger charge is 2.33. The SMILES string of the molecule is CC[C@H](C)[C@H](NC(=O)[C@@H](N)Cc1ccc(O)cc1)C(=O)N[C@H](Cc1ccccc1)C(=O)N[C@H](C(=O)O)C(C)C. The first-order chi connectivity index (χ1) is 18.4. The van der Waals surface area contributed by atoms with Crippen molar-refractivity contribution in [3.05, 3.63) is 65.7 Å². The smallest absolute Gasteiger partial charge is 0.326 e. The molecule has 10 heteroatoms. The molecule has 0 aromatic heterocycles. The molecule has 0 aliphatic heterocycles. The molecule has 0 saturated heterocycles. The van der Waals surface area contributed by atoms with E-state index in [0.29, 0.717) is 6.42 Å². The van der Waals surface area contributed by atoms with Gasteiger partial charge in [0.1, 0.15) is 23.9 Å². The number of hydrogen-bond acceptors (Lipinski definition) is 6. The number of carboxylic acids is 1. The molecule has 212 valence electrons. The van der Waals surface area contributed by atoms with Crippen molar-refractivity contribution in [2.75, 3.05) is 0 Å². The molecule has 0 spiro atoms. The second kappa shape index (κ2) is 14.9. The van der Waals surface area contributed by atoms with Crippen LogP contribution in [0.25, 0.3) is 0 Å². The Labute approximate surface area is 229 Å². The van der Waals surface area contributed by atoms with Crippen molar-refractivity contribution in [2.45, 2.75) is 71.1 Å². The lowest BCUT2D eigenvalue weighted by atomic mass is 9.96. The minimum Gasteiger partial charge on any atom is -0.508 e. The number of aromatic hydroxyl groups is 1. The van der Waals surface area contributed by atoms with Gasteiger partial charge in [-0.15, -0.1) is 0 Å². The predicted octanol–water partition coefficient (Wildman–Crippen LogP) is 1.75. The van der Waals surface area contributed by atoms with Crippen molar-refractivity contribution < 1.29 is 29.4 Å². The molecule has 0 aliphatic carbocycles. The number of carbonyl (C=O) groups is 4. The molecule has 0 saturated carbocycles. The zero-order valence-electron chi connectivity index (χ0n) is 22.9. The van der Waals surface area contributed by atoms with Crippen molar-refractivity contribution in [2.24, 2.45) is 17.6 Å². The van der Waals surface area contributed by atoms with Crippen molar-refractivity contribution >= 4 is 23.7 Å². The van der Waals surface area contributed by atoms with Gasteiger partial charge in [0, 0.05) is 6.42 Å². The zero-order chi connectivity index (χ0) is 29.1. The van der Waals surface area contributed by atoms with E-state index in [1.165, 1.54) is 12.1 Å². The van der Waals surface area contributed by atoms with Gasteiger partial charge < -0.3 is 31.9 Å². The molecule has 2 rings (SSSR count). The Morgan fingerprint density at radius 3 is 1.87 bits per heavy atom. The van der Waals surface area contributed by atoms with Crippen molar-refractivity contribution in [3.63, 3.8) is 0 Å². The third kappa shape index (κ3) is 9.72. The van der Waals surface area contributed by atoms with Gasteiger partial charge in [-0.2, -0.15) is 0 Å². The summed E-state index contributed by atoms with van der Waals surface area (Å²) >= 11 is 0. The summed E-state index contributed by atoms with van der Waals surface area (Å²) in [6.07, 6.45) is 0.895. The van der Waals surface area contributed by atoms with Gasteiger partial charge in [0.15, 0.2) is 0 Å². The number of hydrogen-bond donors (Lipinski definition) is 6. The molecule has 0 radical (unpaired) electrons. The van der Waals surface area contributed by atoms with Crippen molar-refractivity contribution in [3.8, 4) is 5.75 Å². The summed E-state index contributed by atoms with van der Waals surface area (Å²) < 4.78 is 0. The molecule has 0 fully saturated rings. The summed E-state index contributed by atoms with van der Waals surface area (Å²) in [7, 11) is 0. The minimum absolute atomic E-state index is 0.0995. The number of aliphatic carboxylic acids is 1. The van der Waals surface area contributed by atoms with Crippen LogP contribution in [0.3, 0.4) is 0 Å². The first-order valence-electron chi connectivity index (χ1n) is 13.1. The third-order valence-corrected chi connectivity index (χ3v) is 6.67. The van der Waals surface area contributed by atoms with Gasteiger partial charge in [0.2, 0.25) is 17.7 Å². The number of amides is 3. The fraction of sp³-hybridized carbons (Fsp3) is 0.448. The second-order valence-corrected chi connectivity index (χ2v) is 10.2. The van der Waals surface area contributed by atoms with Crippen LogP contribution in [0, 0.1) is 11.8 Å². The van der Waals surface area contributed by atoms with Crippen molar-refractivity contribution in [1.82, 2.24) is 16.0 Å². The lowest BCUT2D eigenvalue weighted by Gasteiger charge is -2.28. The van der Waals surface area contributed by atoms with E-state index in [0.717, 1.165) is 11.1 Å². The Morgan fingerprint density at radius 2 is 1.33 bits per heavy atom. The monoisotopic (exact) mass is 540 g/mol. The number of rotatable bonds is 14. The van der Waals surface area contributed by atoms with Crippen LogP contribution >= 0.6 is 0 Å². The Bertz CT molecular complexity index is 1110. The summed E-state index contributed by atoms with van der Waals surface area (Å²) in [5.74, 6) is -3.45. The van der Waals surface area contributed by atoms with Gasteiger partial charge in [0.25, 0.3) is 0 Å². The van der Waals surface area contributed by atoms with E-state index in [9.17, 15) is 29.4 Å². The normalized spacial score (nSPS) is 14.9. The number of carbonyl (C=O) groups excluding carboxylic acids is 3. The van der Waals surface area contributed by atoms with Crippen LogP contribution in [0.2, 0.25) is 0 Å². The van der Waals surface area contributed by atoms with E-state index in [2.05, 4.69) is 16.0 Å². The van der Waals surface area contributed by atoms with Gasteiger partial charge in [-0.25, -0.2) is 4.79 Å². The Balaban J connectivity index is 2.21. The number of benzene rings is 2. The van der Waals surface area contributed by atoms with Gasteiger partial charge in [-0.3, -0.25) is 14.4 Å². The second-order valence-electron chi connectivity index (χ2n) is 10.2. The highest BCUT2D eigenvalue weighted by molar-refractivity contribution is 5.94. The molecular weight excluding hydrogens is 500 g/mol. The highest BCUT2D eigenvalue weighted by atomic mass is 16.4. The molecule has 0 unspecified atom stereocenters. The Kier molecular flexibility index (Phi) is 11.9. The summed E-state index contributed by atoms with van der Waals surface area (Å²) in [6.45, 7) is 7.04. The summed E-state index contributed by atoms with van der Waals surface area (Å²) in [5, 5.41) is 27.0. The van der Waals surface area contributed by atoms with Crippen LogP contribution in [0.15, 0.2) is 54.6 Å². The van der Waals surface area contributed by atoms with Crippen LogP contribution in [0.5, 0.6) is 5.75 Å². The number of nitrogens with two attached hydrogens (primary N) is 1. The van der Waals surface area contributed by atoms with Crippen LogP contribution in [0.1, 0.15) is 45.2 Å². The van der Waals surface area contributed by atoms with E-state index in [1.54, 1.807) is 50.2 Å². The maximum absolute atomic E-state index is 13.5. The fourth-order valence-electron chi connectivity index (χ4n) is 4.03. The van der Waals surface area contributed by atoms with E-state index < -0.39 is 47.9 Å². The maximum Gasteiger partial charge on any atom is 0.326 e. The lowest BCUT2D eigenvalue weighted by Crippen LogP contribution is -2.59. The molecule has 7 N–H and O–H groups in total. The summed E-state index contributed by atoms with van der Waals surface area (Å²) in [5.41, 5.74) is 7.63. The number of phenols is 1. The topological polar surface area (TPSA) is 171 Å². The van der Waals surface area contributed by atoms with Crippen LogP contribution in [0.4, 0.5) is 0 Å². The molecule has 2 aromatic rings. The average molecular weight is 541 g/mol. The predicted molar refractivity (Wildman–Crippen MR) is 148 cm³/mol. The molecule has 0 aliphatic rings. The molecule has 0 bridgehead atoms. The van der Waals surface area contributed by atoms with Gasteiger partial charge in [0.05, 0.1) is 6.04 Å². The summed E-state index contributed by atoms with van der Waals surface area (Å²) in [4.78, 5) is 51.3. The van der Waals surface area contributed by atoms with Crippen LogP contribution in [-0.4, -0.2) is 58.1 Å². The van der Waals surface area contributed by atoms with Gasteiger partial charge >= 0.3 is 5.97 Å². The fourth-order valence-corrected chi connectivity index (χ4v) is 4.03. The van der Waals surface area contributed by atoms with Gasteiger partial charge in [-0.1, -0.05) is 76.6 Å². The van der Waals surface area contributed by atoms with E-state index in [1.807, 2.05) is 19.9 Å². The summed E-state index contributed by atoms with van der Waals surface area (Å²) in [6, 6.07) is 11.3. The first-order valence-corrected chi connectivity index (χ1v) is 13.1. The van der Waals surface area contributed by atoms with E-state index in [4.69, 9.17) is 5.73 Å². The number of carboxylic acid groups (broad SMARTS) is 1. The average Bonchev–Trinajstić information content (AvgIpc) is 2.90. The van der Waals surface area contributed by atoms with E-state index in [-0.39, 0.29) is 30.4 Å². The standard InChI is InChI=1S/C29H40N4O6/c1-5-18(4)25(33-26(35)22(30)15-20-11-13-21(34)14-12-20)28(37)31-23(16-19-9-7-6-8-10-19)27(36)32-24(17(2)3)29(38)39/h6-14,17-18,22-25,34H,5,15-16,30H2,1-4H3,(H,31,37)(H,32,36)(H,33,35)(H,38,39)/t18-,22-,23+,24-,25-/m0/s1. The molecule has 3 amide bonds. The van der Waals surface area contributed by atoms with Crippen LogP contribution < -0.4 is 21.7 Å². The molecule has 10 nitrogen and oxygen atoms in total. The number of nitrogens with one attached hydrogen (secondary N) is 3. The Hall–Kier alpha value is -3.92. The van der Waals surface area contributed by atoms with E-state index >= 15 is 0 Å². The molecule has 39 heavy (non-hydrogen) atoms. The quantitative estimate of drug-likeness (QED) is 0.212. The molecule has 0 heterocycles. The lowest BCUT2D eigenvalue weighted by molar-refractivity contribution is -0.143. The largest absolute Gasteiger partial charge is 0.508 e. The Morgan fingerprint density at radius 1 is 0.769 bits per heavy atom. The third-order valence-electron chi connectivity index (χ3n) is 6.67. The zero-order valence-corrected chi connectivity index (χ0v) is 22.9. The molecule has 5 atom stereocenters. The van der Waals surface area contributed by atoms with Crippen molar-refractivity contribution in [1.29, 1.82) is 0 Å². The van der Waals surface area contributed by atoms with Crippen LogP contribution in [-0.2, 0) is 32.0 Å². The van der Waals surface area contributed by atoms with Gasteiger partial charge in [-0.05, 0) is 41.5 Å². The highest BCUT2D eigenvalue weighted by Crippen LogP contribution is 2.13. The molecule has 2 aromatic carbocycles.